The fourth-order valence-corrected chi connectivity index (χ4v) is 4.72. The van der Waals surface area contributed by atoms with Gasteiger partial charge in [0.05, 0.1) is 4.90 Å². The standard InChI is InChI=1S/C15H24N2O2S2/c1-3-10-17-21(18,19)14-7-5-13(6-8-14)16-12-15(2)9-4-11-20-15/h5-8,16-17H,3-4,9-12H2,1-2H3. The fraction of sp³-hybridized carbons (Fsp3) is 0.600. The SMILES string of the molecule is CCCNS(=O)(=O)c1ccc(NCC2(C)CCCS2)cc1. The first-order valence-corrected chi connectivity index (χ1v) is 9.90. The van der Waals surface area contributed by atoms with Gasteiger partial charge in [-0.1, -0.05) is 6.92 Å². The van der Waals surface area contributed by atoms with Crippen LogP contribution in [0.4, 0.5) is 5.69 Å². The van der Waals surface area contributed by atoms with Crippen LogP contribution in [0.5, 0.6) is 0 Å². The zero-order chi connectivity index (χ0) is 15.3. The summed E-state index contributed by atoms with van der Waals surface area (Å²) in [5.41, 5.74) is 0.971. The Morgan fingerprint density at radius 2 is 2.00 bits per heavy atom. The Bertz CT molecular complexity index is 550. The summed E-state index contributed by atoms with van der Waals surface area (Å²) in [4.78, 5) is 0.322. The van der Waals surface area contributed by atoms with E-state index in [0.717, 1.165) is 18.7 Å². The zero-order valence-electron chi connectivity index (χ0n) is 12.7. The summed E-state index contributed by atoms with van der Waals surface area (Å²) >= 11 is 2.01. The average Bonchev–Trinajstić information content (AvgIpc) is 2.91. The van der Waals surface area contributed by atoms with Gasteiger partial charge in [-0.2, -0.15) is 11.8 Å². The quantitative estimate of drug-likeness (QED) is 0.807. The number of nitrogens with one attached hydrogen (secondary N) is 2. The second-order valence-corrected chi connectivity index (χ2v) is 9.13. The Morgan fingerprint density at radius 1 is 1.29 bits per heavy atom. The summed E-state index contributed by atoms with van der Waals surface area (Å²) in [6.45, 7) is 5.61. The molecule has 6 heteroatoms. The Hall–Kier alpha value is -0.720. The van der Waals surface area contributed by atoms with E-state index in [9.17, 15) is 8.42 Å². The van der Waals surface area contributed by atoms with E-state index in [1.807, 2.05) is 30.8 Å². The molecule has 0 saturated carbocycles. The van der Waals surface area contributed by atoms with E-state index in [-0.39, 0.29) is 0 Å². The zero-order valence-corrected chi connectivity index (χ0v) is 14.3. The molecule has 1 saturated heterocycles. The second kappa shape index (κ2) is 7.03. The van der Waals surface area contributed by atoms with Crippen LogP contribution < -0.4 is 10.0 Å². The molecule has 0 radical (unpaired) electrons. The third kappa shape index (κ3) is 4.63. The summed E-state index contributed by atoms with van der Waals surface area (Å²) in [6.07, 6.45) is 3.30. The van der Waals surface area contributed by atoms with Gasteiger partial charge in [0, 0.05) is 23.5 Å². The number of hydrogen-bond donors (Lipinski definition) is 2. The summed E-state index contributed by atoms with van der Waals surface area (Å²) in [6, 6.07) is 6.99. The fourth-order valence-electron chi connectivity index (χ4n) is 2.34. The van der Waals surface area contributed by atoms with Gasteiger partial charge in [0.25, 0.3) is 0 Å². The Labute approximate surface area is 132 Å². The maximum absolute atomic E-state index is 12.0. The van der Waals surface area contributed by atoms with Gasteiger partial charge in [0.2, 0.25) is 10.0 Å². The van der Waals surface area contributed by atoms with Crippen molar-refractivity contribution in [3.05, 3.63) is 24.3 Å². The van der Waals surface area contributed by atoms with E-state index in [2.05, 4.69) is 17.0 Å². The van der Waals surface area contributed by atoms with Crippen molar-refractivity contribution in [2.24, 2.45) is 0 Å². The smallest absolute Gasteiger partial charge is 0.240 e. The summed E-state index contributed by atoms with van der Waals surface area (Å²) in [7, 11) is -3.36. The van der Waals surface area contributed by atoms with Crippen LogP contribution in [0, 0.1) is 0 Å². The van der Waals surface area contributed by atoms with Gasteiger partial charge < -0.3 is 5.32 Å². The number of anilines is 1. The molecule has 1 aromatic rings. The third-order valence-corrected chi connectivity index (χ3v) is 6.69. The molecular weight excluding hydrogens is 304 g/mol. The average molecular weight is 329 g/mol. The molecule has 1 aliphatic heterocycles. The van der Waals surface area contributed by atoms with E-state index in [1.54, 1.807) is 12.1 Å². The van der Waals surface area contributed by atoms with Crippen LogP contribution >= 0.6 is 11.8 Å². The van der Waals surface area contributed by atoms with E-state index in [4.69, 9.17) is 0 Å². The molecule has 1 heterocycles. The molecule has 21 heavy (non-hydrogen) atoms. The maximum atomic E-state index is 12.0. The van der Waals surface area contributed by atoms with Crippen LogP contribution in [0.1, 0.15) is 33.1 Å². The number of sulfonamides is 1. The number of benzene rings is 1. The van der Waals surface area contributed by atoms with Crippen molar-refractivity contribution in [1.29, 1.82) is 0 Å². The summed E-state index contributed by atoms with van der Waals surface area (Å²) in [5.74, 6) is 1.23. The first-order chi connectivity index (χ1) is 9.95. The Morgan fingerprint density at radius 3 is 2.57 bits per heavy atom. The number of hydrogen-bond acceptors (Lipinski definition) is 4. The molecule has 1 unspecified atom stereocenters. The van der Waals surface area contributed by atoms with Crippen LogP contribution in [0.2, 0.25) is 0 Å². The molecule has 1 aliphatic rings. The first-order valence-electron chi connectivity index (χ1n) is 7.43. The van der Waals surface area contributed by atoms with Gasteiger partial charge in [0.15, 0.2) is 0 Å². The molecule has 0 aromatic heterocycles. The predicted molar refractivity (Wildman–Crippen MR) is 90.5 cm³/mol. The molecule has 2 N–H and O–H groups in total. The molecule has 4 nitrogen and oxygen atoms in total. The van der Waals surface area contributed by atoms with Crippen molar-refractivity contribution >= 4 is 27.5 Å². The molecule has 1 atom stereocenters. The minimum atomic E-state index is -3.36. The van der Waals surface area contributed by atoms with Crippen molar-refractivity contribution < 1.29 is 8.42 Å². The lowest BCUT2D eigenvalue weighted by Gasteiger charge is -2.23. The van der Waals surface area contributed by atoms with Crippen molar-refractivity contribution in [2.45, 2.75) is 42.8 Å². The first kappa shape index (κ1) is 16.6. The van der Waals surface area contributed by atoms with E-state index in [1.165, 1.54) is 18.6 Å². The maximum Gasteiger partial charge on any atom is 0.240 e. The minimum Gasteiger partial charge on any atom is -0.384 e. The van der Waals surface area contributed by atoms with E-state index in [0.29, 0.717) is 16.2 Å². The van der Waals surface area contributed by atoms with Crippen molar-refractivity contribution in [2.75, 3.05) is 24.2 Å². The van der Waals surface area contributed by atoms with Gasteiger partial charge in [-0.3, -0.25) is 0 Å². The van der Waals surface area contributed by atoms with Crippen molar-refractivity contribution in [1.82, 2.24) is 4.72 Å². The molecule has 0 bridgehead atoms. The second-order valence-electron chi connectivity index (χ2n) is 5.68. The lowest BCUT2D eigenvalue weighted by Crippen LogP contribution is -2.27. The van der Waals surface area contributed by atoms with Crippen molar-refractivity contribution in [3.8, 4) is 0 Å². The van der Waals surface area contributed by atoms with Gasteiger partial charge >= 0.3 is 0 Å². The van der Waals surface area contributed by atoms with E-state index < -0.39 is 10.0 Å². The highest BCUT2D eigenvalue weighted by atomic mass is 32.2. The summed E-state index contributed by atoms with van der Waals surface area (Å²) in [5, 5.41) is 3.41. The Balaban J connectivity index is 1.95. The topological polar surface area (TPSA) is 58.2 Å². The van der Waals surface area contributed by atoms with Gasteiger partial charge in [-0.25, -0.2) is 13.1 Å². The predicted octanol–water partition coefficient (Wildman–Crippen LogP) is 3.07. The monoisotopic (exact) mass is 328 g/mol. The molecule has 1 fully saturated rings. The highest BCUT2D eigenvalue weighted by molar-refractivity contribution is 8.00. The molecule has 0 spiro atoms. The van der Waals surface area contributed by atoms with Crippen LogP contribution in [0.15, 0.2) is 29.2 Å². The molecule has 2 rings (SSSR count). The summed E-state index contributed by atoms with van der Waals surface area (Å²) < 4.78 is 26.8. The van der Waals surface area contributed by atoms with Crippen LogP contribution in [0.3, 0.4) is 0 Å². The van der Waals surface area contributed by atoms with Crippen LogP contribution in [-0.2, 0) is 10.0 Å². The largest absolute Gasteiger partial charge is 0.384 e. The molecule has 1 aromatic carbocycles. The van der Waals surface area contributed by atoms with E-state index >= 15 is 0 Å². The highest BCUT2D eigenvalue weighted by Crippen LogP contribution is 2.37. The molecule has 0 aliphatic carbocycles. The van der Waals surface area contributed by atoms with Gasteiger partial charge in [-0.05, 0) is 56.2 Å². The lowest BCUT2D eigenvalue weighted by atomic mass is 10.1. The van der Waals surface area contributed by atoms with Gasteiger partial charge in [-0.15, -0.1) is 0 Å². The third-order valence-electron chi connectivity index (χ3n) is 3.67. The molecule has 0 amide bonds. The number of thioether (sulfide) groups is 1. The Kier molecular flexibility index (Phi) is 5.57. The van der Waals surface area contributed by atoms with Crippen LogP contribution in [0.25, 0.3) is 0 Å². The van der Waals surface area contributed by atoms with Crippen LogP contribution in [-0.4, -0.2) is 32.0 Å². The minimum absolute atomic E-state index is 0.299. The normalized spacial score (nSPS) is 22.4. The number of rotatable bonds is 7. The van der Waals surface area contributed by atoms with Crippen molar-refractivity contribution in [3.63, 3.8) is 0 Å². The molecular formula is C15H24N2O2S2. The lowest BCUT2D eigenvalue weighted by molar-refractivity contribution is 0.581. The highest BCUT2D eigenvalue weighted by Gasteiger charge is 2.28. The van der Waals surface area contributed by atoms with Gasteiger partial charge in [0.1, 0.15) is 0 Å². The molecule has 118 valence electrons.